The number of hydrogen-bond donors (Lipinski definition) is 2. The smallest absolute Gasteiger partial charge is 0.282 e. The van der Waals surface area contributed by atoms with Crippen molar-refractivity contribution in [2.45, 2.75) is 5.03 Å². The molecule has 0 unspecified atom stereocenters. The van der Waals surface area contributed by atoms with Gasteiger partial charge in [0.2, 0.25) is 5.03 Å². The van der Waals surface area contributed by atoms with Crippen LogP contribution in [0.25, 0.3) is 0 Å². The van der Waals surface area contributed by atoms with E-state index in [0.29, 0.717) is 0 Å². The monoisotopic (exact) mass is 268 g/mol. The molecule has 1 heterocycles. The van der Waals surface area contributed by atoms with E-state index >= 15 is 0 Å². The molecule has 0 atom stereocenters. The SMILES string of the molecule is O=S(=O)(Nc1ccc(O)cc1)c1ncccc1F. The highest BCUT2D eigenvalue weighted by Gasteiger charge is 2.20. The number of phenols is 1. The summed E-state index contributed by atoms with van der Waals surface area (Å²) in [4.78, 5) is 3.49. The minimum Gasteiger partial charge on any atom is -0.508 e. The maximum absolute atomic E-state index is 13.3. The van der Waals surface area contributed by atoms with Crippen molar-refractivity contribution in [1.29, 1.82) is 0 Å². The van der Waals surface area contributed by atoms with Crippen LogP contribution in [0, 0.1) is 5.82 Å². The molecule has 0 amide bonds. The third-order valence-corrected chi connectivity index (χ3v) is 3.41. The Hall–Kier alpha value is -2.15. The van der Waals surface area contributed by atoms with Gasteiger partial charge >= 0.3 is 0 Å². The predicted molar refractivity (Wildman–Crippen MR) is 63.1 cm³/mol. The fourth-order valence-corrected chi connectivity index (χ4v) is 2.37. The summed E-state index contributed by atoms with van der Waals surface area (Å²) in [6, 6.07) is 7.65. The highest BCUT2D eigenvalue weighted by Crippen LogP contribution is 2.18. The van der Waals surface area contributed by atoms with Gasteiger partial charge in [0.05, 0.1) is 0 Å². The average molecular weight is 268 g/mol. The van der Waals surface area contributed by atoms with Gasteiger partial charge in [0.25, 0.3) is 10.0 Å². The zero-order valence-electron chi connectivity index (χ0n) is 9.04. The van der Waals surface area contributed by atoms with Gasteiger partial charge < -0.3 is 5.11 Å². The third kappa shape index (κ3) is 2.57. The molecule has 0 aliphatic heterocycles. The van der Waals surface area contributed by atoms with Crippen LogP contribution >= 0.6 is 0 Å². The number of aromatic hydroxyl groups is 1. The number of anilines is 1. The second-order valence-corrected chi connectivity index (χ2v) is 5.04. The van der Waals surface area contributed by atoms with Gasteiger partial charge in [-0.25, -0.2) is 9.37 Å². The molecule has 1 aromatic carbocycles. The molecule has 94 valence electrons. The van der Waals surface area contributed by atoms with E-state index in [2.05, 4.69) is 9.71 Å². The Bertz CT molecular complexity index is 656. The van der Waals surface area contributed by atoms with E-state index in [1.54, 1.807) is 0 Å². The number of aromatic nitrogens is 1. The largest absolute Gasteiger partial charge is 0.508 e. The first-order valence-corrected chi connectivity index (χ1v) is 6.40. The highest BCUT2D eigenvalue weighted by molar-refractivity contribution is 7.92. The molecular formula is C11H9FN2O3S. The van der Waals surface area contributed by atoms with E-state index in [4.69, 9.17) is 5.11 Å². The Morgan fingerprint density at radius 3 is 2.44 bits per heavy atom. The van der Waals surface area contributed by atoms with Crippen molar-refractivity contribution in [3.63, 3.8) is 0 Å². The Morgan fingerprint density at radius 2 is 1.83 bits per heavy atom. The number of rotatable bonds is 3. The fraction of sp³-hybridized carbons (Fsp3) is 0. The molecule has 2 N–H and O–H groups in total. The van der Waals surface area contributed by atoms with E-state index in [1.807, 2.05) is 0 Å². The van der Waals surface area contributed by atoms with Crippen LogP contribution in [0.1, 0.15) is 0 Å². The first kappa shape index (κ1) is 12.3. The van der Waals surface area contributed by atoms with Gasteiger partial charge in [-0.05, 0) is 36.4 Å². The molecule has 0 aliphatic carbocycles. The lowest BCUT2D eigenvalue weighted by Crippen LogP contribution is -2.16. The second kappa shape index (κ2) is 4.61. The first-order chi connectivity index (χ1) is 8.49. The Kier molecular flexibility index (Phi) is 3.15. The molecule has 7 heteroatoms. The molecule has 0 radical (unpaired) electrons. The van der Waals surface area contributed by atoms with Crippen molar-refractivity contribution in [2.75, 3.05) is 4.72 Å². The summed E-state index contributed by atoms with van der Waals surface area (Å²) in [6.45, 7) is 0. The average Bonchev–Trinajstić information content (AvgIpc) is 2.32. The molecule has 0 spiro atoms. The normalized spacial score (nSPS) is 11.2. The van der Waals surface area contributed by atoms with Crippen LogP contribution in [0.15, 0.2) is 47.6 Å². The minimum absolute atomic E-state index is 0.00182. The molecule has 0 bridgehead atoms. The van der Waals surface area contributed by atoms with Gasteiger partial charge in [-0.3, -0.25) is 4.72 Å². The first-order valence-electron chi connectivity index (χ1n) is 4.91. The van der Waals surface area contributed by atoms with Crippen molar-refractivity contribution in [3.05, 3.63) is 48.4 Å². The topological polar surface area (TPSA) is 79.3 Å². The molecule has 0 saturated carbocycles. The molecule has 0 fully saturated rings. The maximum Gasteiger partial charge on any atom is 0.282 e. The summed E-state index contributed by atoms with van der Waals surface area (Å²) in [5, 5.41) is 8.40. The Balaban J connectivity index is 2.33. The van der Waals surface area contributed by atoms with Crippen molar-refractivity contribution >= 4 is 15.7 Å². The number of nitrogens with one attached hydrogen (secondary N) is 1. The number of nitrogens with zero attached hydrogens (tertiary/aromatic N) is 1. The lowest BCUT2D eigenvalue weighted by molar-refractivity contribution is 0.475. The van der Waals surface area contributed by atoms with Crippen molar-refractivity contribution in [1.82, 2.24) is 4.98 Å². The van der Waals surface area contributed by atoms with Gasteiger partial charge in [0.1, 0.15) is 5.75 Å². The van der Waals surface area contributed by atoms with Gasteiger partial charge in [0.15, 0.2) is 5.82 Å². The standard InChI is InChI=1S/C11H9FN2O3S/c12-10-2-1-7-13-11(10)18(16,17)14-8-3-5-9(15)6-4-8/h1-7,14-15H. The minimum atomic E-state index is -4.07. The Morgan fingerprint density at radius 1 is 1.17 bits per heavy atom. The van der Waals surface area contributed by atoms with E-state index in [9.17, 15) is 12.8 Å². The number of sulfonamides is 1. The van der Waals surface area contributed by atoms with E-state index < -0.39 is 20.9 Å². The second-order valence-electron chi connectivity index (χ2n) is 3.44. The summed E-state index contributed by atoms with van der Waals surface area (Å²) in [7, 11) is -4.07. The van der Waals surface area contributed by atoms with Crippen LogP contribution < -0.4 is 4.72 Å². The lowest BCUT2D eigenvalue weighted by atomic mass is 10.3. The zero-order chi connectivity index (χ0) is 13.2. The van der Waals surface area contributed by atoms with Crippen LogP contribution in [0.4, 0.5) is 10.1 Å². The Labute approximate surface area is 103 Å². The molecule has 5 nitrogen and oxygen atoms in total. The van der Waals surface area contributed by atoms with Crippen molar-refractivity contribution < 1.29 is 17.9 Å². The lowest BCUT2D eigenvalue weighted by Gasteiger charge is -2.07. The fourth-order valence-electron chi connectivity index (χ4n) is 1.30. The molecule has 2 rings (SSSR count). The number of phenolic OH excluding ortho intramolecular Hbond substituents is 1. The van der Waals surface area contributed by atoms with Gasteiger partial charge in [-0.2, -0.15) is 8.42 Å². The summed E-state index contributed by atoms with van der Waals surface area (Å²) >= 11 is 0. The van der Waals surface area contributed by atoms with Gasteiger partial charge in [-0.15, -0.1) is 0 Å². The van der Waals surface area contributed by atoms with E-state index in [-0.39, 0.29) is 11.4 Å². The van der Waals surface area contributed by atoms with Crippen LogP contribution in [0.2, 0.25) is 0 Å². The van der Waals surface area contributed by atoms with Crippen molar-refractivity contribution in [3.8, 4) is 5.75 Å². The van der Waals surface area contributed by atoms with Crippen LogP contribution in [0.3, 0.4) is 0 Å². The zero-order valence-corrected chi connectivity index (χ0v) is 9.86. The number of halogens is 1. The van der Waals surface area contributed by atoms with Crippen LogP contribution in [0.5, 0.6) is 5.75 Å². The molecule has 0 aliphatic rings. The van der Waals surface area contributed by atoms with Crippen LogP contribution in [-0.4, -0.2) is 18.5 Å². The number of pyridine rings is 1. The van der Waals surface area contributed by atoms with Gasteiger partial charge in [0, 0.05) is 11.9 Å². The predicted octanol–water partition coefficient (Wildman–Crippen LogP) is 1.73. The van der Waals surface area contributed by atoms with Crippen molar-refractivity contribution in [2.24, 2.45) is 0 Å². The molecule has 2 aromatic rings. The summed E-state index contributed by atoms with van der Waals surface area (Å²) in [6.07, 6.45) is 1.19. The van der Waals surface area contributed by atoms with Gasteiger partial charge in [-0.1, -0.05) is 0 Å². The summed E-state index contributed by atoms with van der Waals surface area (Å²) < 4.78 is 39.2. The maximum atomic E-state index is 13.3. The highest BCUT2D eigenvalue weighted by atomic mass is 32.2. The quantitative estimate of drug-likeness (QED) is 0.831. The summed E-state index contributed by atoms with van der Waals surface area (Å²) in [5.74, 6) is -0.925. The van der Waals surface area contributed by atoms with Crippen LogP contribution in [-0.2, 0) is 10.0 Å². The molecule has 0 saturated heterocycles. The number of hydrogen-bond acceptors (Lipinski definition) is 4. The molecular weight excluding hydrogens is 259 g/mol. The third-order valence-electron chi connectivity index (χ3n) is 2.10. The summed E-state index contributed by atoms with van der Waals surface area (Å²) in [5.41, 5.74) is 0.206. The molecule has 18 heavy (non-hydrogen) atoms. The molecule has 1 aromatic heterocycles. The van der Waals surface area contributed by atoms with E-state index in [0.717, 1.165) is 6.07 Å². The van der Waals surface area contributed by atoms with E-state index in [1.165, 1.54) is 36.5 Å². The number of benzene rings is 1.